The zero-order valence-electron chi connectivity index (χ0n) is 10.1. The van der Waals surface area contributed by atoms with Crippen LogP contribution in [0.5, 0.6) is 0 Å². The Morgan fingerprint density at radius 1 is 1.40 bits per heavy atom. The van der Waals surface area contributed by atoms with Gasteiger partial charge in [-0.2, -0.15) is 0 Å². The molecule has 0 aliphatic carbocycles. The second-order valence-electron chi connectivity index (χ2n) is 5.59. The Balaban J connectivity index is 2.42. The van der Waals surface area contributed by atoms with E-state index in [1.807, 2.05) is 11.3 Å². The lowest BCUT2D eigenvalue weighted by Crippen LogP contribution is -2.12. The molecule has 0 aliphatic heterocycles. The van der Waals surface area contributed by atoms with Gasteiger partial charge in [0.2, 0.25) is 0 Å². The van der Waals surface area contributed by atoms with Crippen LogP contribution in [0.25, 0.3) is 0 Å². The first-order valence-corrected chi connectivity index (χ1v) is 7.35. The first-order valence-electron chi connectivity index (χ1n) is 5.56. The molecule has 2 unspecified atom stereocenters. The first kappa shape index (κ1) is 13.2. The molecule has 0 amide bonds. The van der Waals surface area contributed by atoms with Gasteiger partial charge < -0.3 is 0 Å². The molecule has 0 radical (unpaired) electrons. The third kappa shape index (κ3) is 5.17. The second-order valence-corrected chi connectivity index (χ2v) is 7.67. The molecule has 1 aromatic rings. The van der Waals surface area contributed by atoms with Crippen molar-refractivity contribution in [3.05, 3.63) is 22.4 Å². The zero-order chi connectivity index (χ0) is 11.5. The Kier molecular flexibility index (Phi) is 4.85. The summed E-state index contributed by atoms with van der Waals surface area (Å²) in [7, 11) is 0. The lowest BCUT2D eigenvalue weighted by Gasteiger charge is -2.24. The molecule has 0 spiro atoms. The summed E-state index contributed by atoms with van der Waals surface area (Å²) in [5.74, 6) is 0.775. The van der Waals surface area contributed by atoms with E-state index in [0.717, 1.165) is 5.92 Å². The highest BCUT2D eigenvalue weighted by Crippen LogP contribution is 2.36. The second kappa shape index (κ2) is 5.49. The summed E-state index contributed by atoms with van der Waals surface area (Å²) >= 11 is 5.63. The molecule has 0 bridgehead atoms. The molecule has 1 aromatic heterocycles. The van der Waals surface area contributed by atoms with Crippen molar-refractivity contribution in [3.8, 4) is 0 Å². The fraction of sp³-hybridized carbons (Fsp3) is 0.692. The minimum atomic E-state index is 0.446. The van der Waals surface area contributed by atoms with Gasteiger partial charge in [0.15, 0.2) is 0 Å². The Morgan fingerprint density at radius 2 is 2.07 bits per heavy atom. The van der Waals surface area contributed by atoms with Crippen LogP contribution in [-0.2, 0) is 0 Å². The standard InChI is InChI=1S/C13H21BrS/c1-10(9-13(2,3)4)8-11(14)12-6-5-7-15-12/h5-7,10-11H,8-9H2,1-4H3. The van der Waals surface area contributed by atoms with Gasteiger partial charge in [-0.25, -0.2) is 0 Å². The lowest BCUT2D eigenvalue weighted by molar-refractivity contribution is 0.297. The molecule has 2 atom stereocenters. The smallest absolute Gasteiger partial charge is 0.0491 e. The van der Waals surface area contributed by atoms with E-state index in [4.69, 9.17) is 0 Å². The van der Waals surface area contributed by atoms with Crippen LogP contribution in [0.2, 0.25) is 0 Å². The monoisotopic (exact) mass is 288 g/mol. The SMILES string of the molecule is CC(CC(Br)c1cccs1)CC(C)(C)C. The molecule has 0 aromatic carbocycles. The highest BCUT2D eigenvalue weighted by atomic mass is 79.9. The highest BCUT2D eigenvalue weighted by Gasteiger charge is 2.18. The van der Waals surface area contributed by atoms with Gasteiger partial charge in [0, 0.05) is 9.70 Å². The molecule has 0 saturated carbocycles. The third-order valence-corrected chi connectivity index (χ3v) is 4.58. The fourth-order valence-corrected chi connectivity index (χ4v) is 3.90. The van der Waals surface area contributed by atoms with Gasteiger partial charge in [-0.15, -0.1) is 11.3 Å². The topological polar surface area (TPSA) is 0 Å². The molecule has 1 heterocycles. The average Bonchev–Trinajstić information content (AvgIpc) is 2.50. The van der Waals surface area contributed by atoms with E-state index >= 15 is 0 Å². The normalized spacial score (nSPS) is 16.3. The van der Waals surface area contributed by atoms with E-state index in [0.29, 0.717) is 10.2 Å². The van der Waals surface area contributed by atoms with Gasteiger partial charge in [0.1, 0.15) is 0 Å². The van der Waals surface area contributed by atoms with Crippen molar-refractivity contribution in [3.63, 3.8) is 0 Å². The van der Waals surface area contributed by atoms with Crippen molar-refractivity contribution >= 4 is 27.3 Å². The van der Waals surface area contributed by atoms with Crippen molar-refractivity contribution in [1.82, 2.24) is 0 Å². The van der Waals surface area contributed by atoms with E-state index in [1.165, 1.54) is 17.7 Å². The minimum Gasteiger partial charge on any atom is -0.148 e. The van der Waals surface area contributed by atoms with E-state index < -0.39 is 0 Å². The predicted molar refractivity (Wildman–Crippen MR) is 73.8 cm³/mol. The van der Waals surface area contributed by atoms with Crippen LogP contribution in [0.3, 0.4) is 0 Å². The average molecular weight is 289 g/mol. The Hall–Kier alpha value is 0.180. The summed E-state index contributed by atoms with van der Waals surface area (Å²) in [6.45, 7) is 9.31. The van der Waals surface area contributed by atoms with E-state index in [2.05, 4.69) is 61.1 Å². The third-order valence-electron chi connectivity index (χ3n) is 2.42. The van der Waals surface area contributed by atoms with Crippen molar-refractivity contribution in [2.45, 2.75) is 45.4 Å². The summed E-state index contributed by atoms with van der Waals surface area (Å²) < 4.78 is 0. The molecule has 0 aliphatic rings. The van der Waals surface area contributed by atoms with Gasteiger partial charge in [-0.1, -0.05) is 49.7 Å². The van der Waals surface area contributed by atoms with Gasteiger partial charge in [0.05, 0.1) is 0 Å². The quantitative estimate of drug-likeness (QED) is 0.629. The van der Waals surface area contributed by atoms with E-state index in [1.54, 1.807) is 0 Å². The van der Waals surface area contributed by atoms with Crippen molar-refractivity contribution in [2.24, 2.45) is 11.3 Å². The summed E-state index contributed by atoms with van der Waals surface area (Å²) in [6.07, 6.45) is 2.53. The summed E-state index contributed by atoms with van der Waals surface area (Å²) in [5, 5.41) is 2.15. The summed E-state index contributed by atoms with van der Waals surface area (Å²) in [5.41, 5.74) is 0.446. The van der Waals surface area contributed by atoms with Gasteiger partial charge in [0.25, 0.3) is 0 Å². The number of rotatable bonds is 4. The molecule has 0 saturated heterocycles. The Morgan fingerprint density at radius 3 is 2.53 bits per heavy atom. The number of hydrogen-bond acceptors (Lipinski definition) is 1. The molecule has 86 valence electrons. The molecular weight excluding hydrogens is 268 g/mol. The first-order chi connectivity index (χ1) is 6.88. The molecular formula is C13H21BrS. The number of hydrogen-bond donors (Lipinski definition) is 0. The van der Waals surface area contributed by atoms with Gasteiger partial charge >= 0.3 is 0 Å². The van der Waals surface area contributed by atoms with Gasteiger partial charge in [-0.05, 0) is 35.6 Å². The molecule has 1 rings (SSSR count). The summed E-state index contributed by atoms with van der Waals surface area (Å²) in [4.78, 5) is 1.99. The van der Waals surface area contributed by atoms with Crippen LogP contribution in [0, 0.1) is 11.3 Å². The fourth-order valence-electron chi connectivity index (χ4n) is 2.07. The molecule has 15 heavy (non-hydrogen) atoms. The molecule has 0 fully saturated rings. The predicted octanol–water partition coefficient (Wildman–Crippen LogP) is 5.65. The number of halogens is 1. The maximum absolute atomic E-state index is 3.78. The molecule has 2 heteroatoms. The van der Waals surface area contributed by atoms with Crippen molar-refractivity contribution < 1.29 is 0 Å². The summed E-state index contributed by atoms with van der Waals surface area (Å²) in [6, 6.07) is 4.34. The number of alkyl halides is 1. The zero-order valence-corrected chi connectivity index (χ0v) is 12.5. The van der Waals surface area contributed by atoms with E-state index in [9.17, 15) is 0 Å². The van der Waals surface area contributed by atoms with E-state index in [-0.39, 0.29) is 0 Å². The maximum Gasteiger partial charge on any atom is 0.0491 e. The van der Waals surface area contributed by atoms with Crippen molar-refractivity contribution in [2.75, 3.05) is 0 Å². The van der Waals surface area contributed by atoms with Crippen LogP contribution in [-0.4, -0.2) is 0 Å². The lowest BCUT2D eigenvalue weighted by atomic mass is 9.83. The Bertz CT molecular complexity index is 271. The van der Waals surface area contributed by atoms with Crippen LogP contribution >= 0.6 is 27.3 Å². The highest BCUT2D eigenvalue weighted by molar-refractivity contribution is 9.09. The minimum absolute atomic E-state index is 0.446. The maximum atomic E-state index is 3.78. The van der Waals surface area contributed by atoms with Crippen LogP contribution < -0.4 is 0 Å². The van der Waals surface area contributed by atoms with Crippen LogP contribution in [0.4, 0.5) is 0 Å². The molecule has 0 N–H and O–H groups in total. The van der Waals surface area contributed by atoms with Crippen LogP contribution in [0.15, 0.2) is 17.5 Å². The largest absolute Gasteiger partial charge is 0.148 e. The van der Waals surface area contributed by atoms with Gasteiger partial charge in [-0.3, -0.25) is 0 Å². The Labute approximate surface area is 106 Å². The number of thiophene rings is 1. The van der Waals surface area contributed by atoms with Crippen molar-refractivity contribution in [1.29, 1.82) is 0 Å². The molecule has 0 nitrogen and oxygen atoms in total. The van der Waals surface area contributed by atoms with Crippen LogP contribution in [0.1, 0.15) is 50.2 Å².